The molecule has 0 saturated carbocycles. The van der Waals surface area contributed by atoms with E-state index in [0.717, 1.165) is 35.5 Å². The number of hydrogen-bond donors (Lipinski definition) is 1. The van der Waals surface area contributed by atoms with Crippen molar-refractivity contribution in [1.82, 2.24) is 9.55 Å². The highest BCUT2D eigenvalue weighted by Gasteiger charge is 2.16. The number of rotatable bonds is 8. The summed E-state index contributed by atoms with van der Waals surface area (Å²) in [4.78, 5) is 15.8. The Kier molecular flexibility index (Phi) is 6.28. The molecule has 1 atom stereocenters. The van der Waals surface area contributed by atoms with E-state index in [2.05, 4.69) is 23.3 Å². The number of imidazole rings is 1. The van der Waals surface area contributed by atoms with E-state index in [1.54, 1.807) is 6.20 Å². The van der Waals surface area contributed by atoms with Gasteiger partial charge in [0.05, 0.1) is 23.1 Å². The zero-order valence-electron chi connectivity index (χ0n) is 17.0. The van der Waals surface area contributed by atoms with Gasteiger partial charge in [-0.1, -0.05) is 25.1 Å². The number of benzene rings is 2. The van der Waals surface area contributed by atoms with E-state index < -0.39 is 10.8 Å². The van der Waals surface area contributed by atoms with E-state index in [4.69, 9.17) is 4.74 Å². The molecule has 2 heterocycles. The van der Waals surface area contributed by atoms with Crippen LogP contribution in [0.4, 0.5) is 5.69 Å². The van der Waals surface area contributed by atoms with Crippen LogP contribution in [0, 0.1) is 0 Å². The normalized spacial score (nSPS) is 14.1. The van der Waals surface area contributed by atoms with E-state index in [0.29, 0.717) is 30.4 Å². The van der Waals surface area contributed by atoms with Gasteiger partial charge < -0.3 is 10.1 Å². The molecular weight excluding hydrogens is 398 g/mol. The summed E-state index contributed by atoms with van der Waals surface area (Å²) < 4.78 is 20.6. The van der Waals surface area contributed by atoms with Crippen molar-refractivity contribution in [2.45, 2.75) is 37.8 Å². The third-order valence-corrected chi connectivity index (χ3v) is 6.53. The molecule has 7 heteroatoms. The van der Waals surface area contributed by atoms with Crippen molar-refractivity contribution in [2.75, 3.05) is 17.7 Å². The van der Waals surface area contributed by atoms with E-state index in [-0.39, 0.29) is 5.91 Å². The number of anilines is 1. The average molecular weight is 424 g/mol. The van der Waals surface area contributed by atoms with Crippen LogP contribution >= 0.6 is 0 Å². The molecule has 0 radical (unpaired) electrons. The Morgan fingerprint density at radius 2 is 2.07 bits per heavy atom. The zero-order valence-corrected chi connectivity index (χ0v) is 17.8. The average Bonchev–Trinajstić information content (AvgIpc) is 3.26. The van der Waals surface area contributed by atoms with Gasteiger partial charge >= 0.3 is 0 Å². The van der Waals surface area contributed by atoms with Gasteiger partial charge in [0.1, 0.15) is 5.75 Å². The molecule has 1 unspecified atom stereocenters. The lowest BCUT2D eigenvalue weighted by molar-refractivity contribution is -0.116. The summed E-state index contributed by atoms with van der Waals surface area (Å²) in [5, 5.41) is 3.44. The van der Waals surface area contributed by atoms with Crippen LogP contribution in [0.3, 0.4) is 0 Å². The molecule has 0 aliphatic carbocycles. The van der Waals surface area contributed by atoms with Crippen molar-refractivity contribution in [3.63, 3.8) is 0 Å². The first kappa shape index (κ1) is 20.3. The van der Waals surface area contributed by atoms with Gasteiger partial charge in [-0.05, 0) is 54.7 Å². The van der Waals surface area contributed by atoms with E-state index in [1.165, 1.54) is 5.56 Å². The van der Waals surface area contributed by atoms with Crippen molar-refractivity contribution in [2.24, 2.45) is 0 Å². The third-order valence-electron chi connectivity index (χ3n) is 5.16. The molecule has 3 aromatic rings. The second kappa shape index (κ2) is 9.26. The van der Waals surface area contributed by atoms with Crippen LogP contribution in [-0.4, -0.2) is 32.0 Å². The monoisotopic (exact) mass is 423 g/mol. The number of nitrogens with zero attached hydrogens (tertiary/aromatic N) is 2. The van der Waals surface area contributed by atoms with Crippen molar-refractivity contribution < 1.29 is 13.7 Å². The lowest BCUT2D eigenvalue weighted by Gasteiger charge is -2.17. The molecule has 1 aromatic heterocycles. The molecule has 30 heavy (non-hydrogen) atoms. The fourth-order valence-electron chi connectivity index (χ4n) is 3.61. The number of aromatic nitrogens is 2. The van der Waals surface area contributed by atoms with Crippen LogP contribution in [-0.2, 0) is 28.4 Å². The highest BCUT2D eigenvalue weighted by atomic mass is 32.2. The molecule has 156 valence electrons. The van der Waals surface area contributed by atoms with E-state index >= 15 is 0 Å². The highest BCUT2D eigenvalue weighted by Crippen LogP contribution is 2.27. The number of amides is 1. The van der Waals surface area contributed by atoms with Gasteiger partial charge in [-0.25, -0.2) is 4.98 Å². The van der Waals surface area contributed by atoms with Crippen molar-refractivity contribution in [3.05, 3.63) is 66.0 Å². The molecule has 4 rings (SSSR count). The lowest BCUT2D eigenvalue weighted by Crippen LogP contribution is -2.18. The summed E-state index contributed by atoms with van der Waals surface area (Å²) in [6.45, 7) is 2.58. The summed E-state index contributed by atoms with van der Waals surface area (Å²) in [6, 6.07) is 13.8. The standard InChI is InChI=1S/C23H25N3O3S/c1-2-17-6-3-4-7-21(17)26-13-12-24-23(26)30(28)15-5-14-29-19-9-10-20-18(16-19)8-11-22(27)25-20/h3-4,6-7,9-10,12-13,16H,2,5,8,11,14-15H2,1H3,(H,25,27). The number of carbonyl (C=O) groups is 1. The number of para-hydroxylation sites is 1. The van der Waals surface area contributed by atoms with Crippen LogP contribution in [0.1, 0.15) is 30.9 Å². The Morgan fingerprint density at radius 3 is 2.93 bits per heavy atom. The van der Waals surface area contributed by atoms with Crippen molar-refractivity contribution in [1.29, 1.82) is 0 Å². The second-order valence-electron chi connectivity index (χ2n) is 7.18. The van der Waals surface area contributed by atoms with Gasteiger partial charge in [0, 0.05) is 30.3 Å². The number of carbonyl (C=O) groups excluding carboxylic acids is 1. The highest BCUT2D eigenvalue weighted by molar-refractivity contribution is 7.84. The molecule has 1 amide bonds. The minimum absolute atomic E-state index is 0.0542. The van der Waals surface area contributed by atoms with Crippen LogP contribution in [0.15, 0.2) is 60.0 Å². The fraction of sp³-hybridized carbons (Fsp3) is 0.304. The van der Waals surface area contributed by atoms with Gasteiger partial charge in [-0.2, -0.15) is 0 Å². The van der Waals surface area contributed by atoms with Crippen molar-refractivity contribution in [3.8, 4) is 11.4 Å². The zero-order chi connectivity index (χ0) is 20.9. The maximum absolute atomic E-state index is 12.9. The van der Waals surface area contributed by atoms with E-state index in [9.17, 15) is 9.00 Å². The summed E-state index contributed by atoms with van der Waals surface area (Å²) >= 11 is 0. The minimum Gasteiger partial charge on any atom is -0.494 e. The molecule has 0 fully saturated rings. The minimum atomic E-state index is -1.21. The van der Waals surface area contributed by atoms with E-state index in [1.807, 2.05) is 47.2 Å². The van der Waals surface area contributed by atoms with Gasteiger partial charge in [-0.15, -0.1) is 0 Å². The predicted molar refractivity (Wildman–Crippen MR) is 118 cm³/mol. The van der Waals surface area contributed by atoms with Crippen LogP contribution in [0.5, 0.6) is 5.75 Å². The first-order valence-corrected chi connectivity index (χ1v) is 11.5. The molecule has 1 N–H and O–H groups in total. The maximum Gasteiger partial charge on any atom is 0.224 e. The summed E-state index contributed by atoms with van der Waals surface area (Å²) in [5.74, 6) is 1.30. The summed E-state index contributed by atoms with van der Waals surface area (Å²) in [5.41, 5.74) is 4.17. The quantitative estimate of drug-likeness (QED) is 0.558. The first-order valence-electron chi connectivity index (χ1n) is 10.2. The molecule has 1 aliphatic heterocycles. The Labute approximate surface area is 178 Å². The van der Waals surface area contributed by atoms with Crippen molar-refractivity contribution >= 4 is 22.4 Å². The molecule has 2 aromatic carbocycles. The largest absolute Gasteiger partial charge is 0.494 e. The molecule has 0 bridgehead atoms. The molecular formula is C23H25N3O3S. The molecule has 0 spiro atoms. The van der Waals surface area contributed by atoms with Crippen LogP contribution < -0.4 is 10.1 Å². The van der Waals surface area contributed by atoms with Gasteiger partial charge in [-0.3, -0.25) is 13.6 Å². The fourth-order valence-corrected chi connectivity index (χ4v) is 4.73. The maximum atomic E-state index is 12.9. The van der Waals surface area contributed by atoms with Gasteiger partial charge in [0.2, 0.25) is 11.1 Å². The number of nitrogens with one attached hydrogen (secondary N) is 1. The van der Waals surface area contributed by atoms with Crippen LogP contribution in [0.25, 0.3) is 5.69 Å². The Bertz CT molecular complexity index is 1080. The number of fused-ring (bicyclic) bond motifs is 1. The first-order chi connectivity index (χ1) is 14.7. The number of hydrogen-bond acceptors (Lipinski definition) is 4. The molecule has 0 saturated heterocycles. The van der Waals surface area contributed by atoms with Gasteiger partial charge in [0.15, 0.2) is 0 Å². The second-order valence-corrected chi connectivity index (χ2v) is 8.65. The summed E-state index contributed by atoms with van der Waals surface area (Å²) in [7, 11) is -1.21. The molecule has 6 nitrogen and oxygen atoms in total. The SMILES string of the molecule is CCc1ccccc1-n1ccnc1S(=O)CCCOc1ccc2c(c1)CCC(=O)N2. The smallest absolute Gasteiger partial charge is 0.224 e. The summed E-state index contributed by atoms with van der Waals surface area (Å²) in [6.07, 6.45) is 6.35. The topological polar surface area (TPSA) is 73.2 Å². The third kappa shape index (κ3) is 4.46. The lowest BCUT2D eigenvalue weighted by atomic mass is 10.0. The molecule has 1 aliphatic rings. The van der Waals surface area contributed by atoms with Gasteiger partial charge in [0.25, 0.3) is 0 Å². The van der Waals surface area contributed by atoms with Crippen LogP contribution in [0.2, 0.25) is 0 Å². The number of aryl methyl sites for hydroxylation is 2. The Balaban J connectivity index is 1.34. The Hall–Kier alpha value is -2.93. The Morgan fingerprint density at radius 1 is 1.20 bits per heavy atom. The number of ether oxygens (including phenoxy) is 1. The predicted octanol–water partition coefficient (Wildman–Crippen LogP) is 3.90.